The maximum Gasteiger partial charge on any atom is 0.306 e. The van der Waals surface area contributed by atoms with E-state index in [1.807, 2.05) is 0 Å². The maximum absolute atomic E-state index is 12.4. The fourth-order valence-corrected chi connectivity index (χ4v) is 6.56. The van der Waals surface area contributed by atoms with Gasteiger partial charge in [-0.25, -0.2) is 0 Å². The number of unbranched alkanes of at least 4 members (excludes halogenated alkanes) is 26. The van der Waals surface area contributed by atoms with E-state index in [1.165, 1.54) is 167 Å². The van der Waals surface area contributed by atoms with Gasteiger partial charge in [0.25, 0.3) is 0 Å². The first-order valence-electron chi connectivity index (χ1n) is 22.0. The van der Waals surface area contributed by atoms with Crippen LogP contribution in [0.2, 0.25) is 0 Å². The molecule has 0 amide bonds. The molecule has 0 bridgehead atoms. The van der Waals surface area contributed by atoms with Gasteiger partial charge in [0.05, 0.1) is 0 Å². The highest BCUT2D eigenvalue weighted by Gasteiger charge is 2.12. The van der Waals surface area contributed by atoms with Gasteiger partial charge < -0.3 is 9.84 Å². The van der Waals surface area contributed by atoms with Gasteiger partial charge >= 0.3 is 11.9 Å². The van der Waals surface area contributed by atoms with E-state index in [1.54, 1.807) is 0 Å². The van der Waals surface area contributed by atoms with Crippen LogP contribution >= 0.6 is 0 Å². The highest BCUT2D eigenvalue weighted by Crippen LogP contribution is 2.17. The molecule has 292 valence electrons. The number of allylic oxidation sites excluding steroid dienone is 6. The Morgan fingerprint density at radius 1 is 0.460 bits per heavy atom. The zero-order valence-electron chi connectivity index (χ0n) is 33.5. The van der Waals surface area contributed by atoms with Crippen molar-refractivity contribution in [1.82, 2.24) is 0 Å². The first-order valence-corrected chi connectivity index (χ1v) is 22.0. The summed E-state index contributed by atoms with van der Waals surface area (Å²) in [4.78, 5) is 22.9. The molecule has 0 heterocycles. The lowest BCUT2D eigenvalue weighted by molar-refractivity contribution is -0.149. The third kappa shape index (κ3) is 40.6. The molecule has 1 N–H and O–H groups in total. The Morgan fingerprint density at radius 2 is 0.820 bits per heavy atom. The predicted octanol–water partition coefficient (Wildman–Crippen LogP) is 15.3. The molecule has 0 fully saturated rings. The van der Waals surface area contributed by atoms with E-state index < -0.39 is 5.97 Å². The molecule has 0 aliphatic rings. The molecule has 0 spiro atoms. The van der Waals surface area contributed by atoms with Gasteiger partial charge in [0.15, 0.2) is 0 Å². The highest BCUT2D eigenvalue weighted by molar-refractivity contribution is 5.69. The molecule has 50 heavy (non-hydrogen) atoms. The zero-order valence-corrected chi connectivity index (χ0v) is 33.5. The summed E-state index contributed by atoms with van der Waals surface area (Å²) in [6.45, 7) is 4.40. The quantitative estimate of drug-likeness (QED) is 0.0393. The van der Waals surface area contributed by atoms with Gasteiger partial charge in [0, 0.05) is 12.8 Å². The molecule has 1 atom stereocenters. The van der Waals surface area contributed by atoms with Crippen LogP contribution in [0.15, 0.2) is 36.5 Å². The van der Waals surface area contributed by atoms with Crippen LogP contribution in [0, 0.1) is 0 Å². The van der Waals surface area contributed by atoms with E-state index in [9.17, 15) is 9.59 Å². The van der Waals surface area contributed by atoms with Gasteiger partial charge in [0.2, 0.25) is 0 Å². The molecule has 1 unspecified atom stereocenters. The Morgan fingerprint density at radius 3 is 1.26 bits per heavy atom. The zero-order chi connectivity index (χ0) is 36.4. The summed E-state index contributed by atoms with van der Waals surface area (Å²) in [5.41, 5.74) is 0. The Kier molecular flexibility index (Phi) is 40.0. The minimum absolute atomic E-state index is 0.0119. The second-order valence-corrected chi connectivity index (χ2v) is 14.8. The van der Waals surface area contributed by atoms with Crippen LogP contribution in [-0.4, -0.2) is 23.1 Å². The van der Waals surface area contributed by atoms with Gasteiger partial charge in [-0.1, -0.05) is 172 Å². The van der Waals surface area contributed by atoms with Gasteiger partial charge in [0.1, 0.15) is 6.10 Å². The number of carbonyl (C=O) groups excluding carboxylic acids is 1. The van der Waals surface area contributed by atoms with Gasteiger partial charge in [-0.2, -0.15) is 0 Å². The van der Waals surface area contributed by atoms with Crippen LogP contribution in [0.1, 0.15) is 239 Å². The molecule has 0 saturated heterocycles. The van der Waals surface area contributed by atoms with Gasteiger partial charge in [-0.3, -0.25) is 9.59 Å². The molecule has 0 saturated carbocycles. The molecule has 4 heteroatoms. The number of carboxylic acids is 1. The van der Waals surface area contributed by atoms with Crippen LogP contribution in [0.4, 0.5) is 0 Å². The lowest BCUT2D eigenvalue weighted by Crippen LogP contribution is -2.17. The maximum atomic E-state index is 12.4. The second kappa shape index (κ2) is 41.6. The number of esters is 1. The molecule has 0 aromatic heterocycles. The second-order valence-electron chi connectivity index (χ2n) is 14.8. The molecule has 0 rings (SSSR count). The molecule has 0 radical (unpaired) electrons. The summed E-state index contributed by atoms with van der Waals surface area (Å²) in [5.74, 6) is -0.652. The summed E-state index contributed by atoms with van der Waals surface area (Å²) >= 11 is 0. The van der Waals surface area contributed by atoms with Crippen molar-refractivity contribution >= 4 is 11.9 Å². The Balaban J connectivity index is 3.45. The Hall–Kier alpha value is -1.84. The molecule has 0 aromatic carbocycles. The van der Waals surface area contributed by atoms with Crippen molar-refractivity contribution in [2.45, 2.75) is 245 Å². The molecule has 0 aromatic rings. The average molecular weight is 701 g/mol. The summed E-state index contributed by atoms with van der Waals surface area (Å²) in [5, 5.41) is 8.66. The van der Waals surface area contributed by atoms with E-state index >= 15 is 0 Å². The third-order valence-electron chi connectivity index (χ3n) is 9.91. The number of carboxylic acid groups (broad SMARTS) is 1. The van der Waals surface area contributed by atoms with Crippen LogP contribution in [-0.2, 0) is 14.3 Å². The average Bonchev–Trinajstić information content (AvgIpc) is 3.11. The fraction of sp³-hybridized carbons (Fsp3) is 0.826. The highest BCUT2D eigenvalue weighted by atomic mass is 16.5. The van der Waals surface area contributed by atoms with E-state index in [0.717, 1.165) is 44.9 Å². The monoisotopic (exact) mass is 701 g/mol. The van der Waals surface area contributed by atoms with Crippen molar-refractivity contribution in [2.24, 2.45) is 0 Å². The number of carbonyl (C=O) groups is 2. The van der Waals surface area contributed by atoms with Gasteiger partial charge in [-0.05, 0) is 89.9 Å². The van der Waals surface area contributed by atoms with Crippen molar-refractivity contribution in [1.29, 1.82) is 0 Å². The minimum atomic E-state index is -0.664. The van der Waals surface area contributed by atoms with Crippen molar-refractivity contribution < 1.29 is 19.4 Å². The number of hydrogen-bond acceptors (Lipinski definition) is 3. The van der Waals surface area contributed by atoms with E-state index in [0.29, 0.717) is 12.8 Å². The summed E-state index contributed by atoms with van der Waals surface area (Å²) in [6.07, 6.45) is 55.6. The van der Waals surface area contributed by atoms with Crippen LogP contribution < -0.4 is 0 Å². The molecule has 0 aliphatic carbocycles. The summed E-state index contributed by atoms with van der Waals surface area (Å²) in [7, 11) is 0. The summed E-state index contributed by atoms with van der Waals surface area (Å²) in [6, 6.07) is 0. The minimum Gasteiger partial charge on any atom is -0.481 e. The third-order valence-corrected chi connectivity index (χ3v) is 9.91. The Bertz CT molecular complexity index is 798. The van der Waals surface area contributed by atoms with E-state index in [2.05, 4.69) is 50.3 Å². The lowest BCUT2D eigenvalue weighted by Gasteiger charge is -2.16. The molecular weight excluding hydrogens is 617 g/mol. The van der Waals surface area contributed by atoms with Crippen molar-refractivity contribution in [2.75, 3.05) is 0 Å². The van der Waals surface area contributed by atoms with Crippen molar-refractivity contribution in [3.05, 3.63) is 36.5 Å². The van der Waals surface area contributed by atoms with Crippen molar-refractivity contribution in [3.63, 3.8) is 0 Å². The first-order chi connectivity index (χ1) is 24.6. The molecule has 0 aliphatic heterocycles. The van der Waals surface area contributed by atoms with Crippen molar-refractivity contribution in [3.8, 4) is 0 Å². The fourth-order valence-electron chi connectivity index (χ4n) is 6.56. The van der Waals surface area contributed by atoms with Crippen LogP contribution in [0.5, 0.6) is 0 Å². The smallest absolute Gasteiger partial charge is 0.306 e. The normalized spacial score (nSPS) is 12.5. The van der Waals surface area contributed by atoms with E-state index in [4.69, 9.17) is 9.84 Å². The predicted molar refractivity (Wildman–Crippen MR) is 218 cm³/mol. The SMILES string of the molecule is CCCCC/C=C\C/C=C\CCCC/C=C\CCCCCCCC(=O)OC(CC)CCCCCCCCCCCCCCCCCCC(=O)O. The lowest BCUT2D eigenvalue weighted by atomic mass is 10.0. The van der Waals surface area contributed by atoms with Gasteiger partial charge in [-0.15, -0.1) is 0 Å². The molecule has 4 nitrogen and oxygen atoms in total. The number of ether oxygens (including phenoxy) is 1. The van der Waals surface area contributed by atoms with Crippen LogP contribution in [0.25, 0.3) is 0 Å². The number of rotatable bonds is 40. The largest absolute Gasteiger partial charge is 0.481 e. The first kappa shape index (κ1) is 48.2. The molecular formula is C46H84O4. The topological polar surface area (TPSA) is 63.6 Å². The standard InChI is InChI=1S/C46H84O4/c1-3-5-6-7-8-9-10-11-12-13-14-15-16-17-22-25-28-31-34-37-40-43-46(49)50-44(4-2)41-38-35-32-29-26-23-20-18-19-21-24-27-30-33-36-39-42-45(47)48/h8-9,11-12,17,22,44H,3-7,10,13-16,18-21,23-43H2,1-2H3,(H,47,48)/b9-8-,12-11-,22-17-. The van der Waals surface area contributed by atoms with Crippen LogP contribution in [0.3, 0.4) is 0 Å². The number of aliphatic carboxylic acids is 1. The summed E-state index contributed by atoms with van der Waals surface area (Å²) < 4.78 is 5.81. The number of hydrogen-bond donors (Lipinski definition) is 1. The Labute approximate surface area is 311 Å². The van der Waals surface area contributed by atoms with E-state index in [-0.39, 0.29) is 12.1 Å².